The Bertz CT molecular complexity index is 1160. The number of nitrogens with zero attached hydrogens (tertiary/aromatic N) is 4. The fraction of sp³-hybridized carbons (Fsp3) is 0.200. The molecule has 0 atom stereocenters. The first kappa shape index (κ1) is 19.5. The quantitative estimate of drug-likeness (QED) is 0.665. The van der Waals surface area contributed by atoms with E-state index in [1.807, 2.05) is 4.72 Å². The van der Waals surface area contributed by atoms with E-state index in [1.165, 1.54) is 42.2 Å². The third-order valence-electron chi connectivity index (χ3n) is 3.57. The number of anilines is 1. The molecule has 1 amide bonds. The number of hydrogen-bond acceptors (Lipinski definition) is 7. The second-order valence-electron chi connectivity index (χ2n) is 5.68. The average Bonchev–Trinajstić information content (AvgIpc) is 3.03. The highest BCUT2D eigenvalue weighted by Crippen LogP contribution is 2.30. The maximum Gasteiger partial charge on any atom is 0.451 e. The van der Waals surface area contributed by atoms with E-state index in [0.29, 0.717) is 5.69 Å². The molecule has 13 heteroatoms. The lowest BCUT2D eigenvalue weighted by Crippen LogP contribution is -2.29. The zero-order chi connectivity index (χ0) is 20.7. The summed E-state index contributed by atoms with van der Waals surface area (Å²) in [6.45, 7) is 0. The lowest BCUT2D eigenvalue weighted by Gasteiger charge is -2.10. The van der Waals surface area contributed by atoms with Crippen LogP contribution in [0.5, 0.6) is 0 Å². The molecule has 3 rings (SSSR count). The number of fused-ring (bicyclic) bond motifs is 1. The van der Waals surface area contributed by atoms with Crippen molar-refractivity contribution in [1.82, 2.24) is 24.2 Å². The Balaban J connectivity index is 2.05. The van der Waals surface area contributed by atoms with Gasteiger partial charge in [-0.2, -0.15) is 13.2 Å². The highest BCUT2D eigenvalue weighted by atomic mass is 32.2. The molecular weight excluding hydrogens is 401 g/mol. The summed E-state index contributed by atoms with van der Waals surface area (Å²) in [5.74, 6) is -2.24. The number of carbonyl (C=O) groups is 1. The second-order valence-corrected chi connectivity index (χ2v) is 7.43. The summed E-state index contributed by atoms with van der Waals surface area (Å²) in [7, 11) is -2.31. The van der Waals surface area contributed by atoms with Crippen molar-refractivity contribution in [1.29, 1.82) is 0 Å². The third kappa shape index (κ3) is 3.88. The van der Waals surface area contributed by atoms with Gasteiger partial charge in [0.1, 0.15) is 6.33 Å². The molecule has 0 saturated carbocycles. The first-order valence-electron chi connectivity index (χ1n) is 7.62. The standard InChI is InChI=1S/C15H13F3N6O3S/c1-19-11-10-12(22-14(21-11)15(16,17)18)24(7-20-10)9-5-3-8(4-6-9)13(25)23-28(2,26)27/h3-7H,1-2H3,(H,23,25)(H,19,21,22). The van der Waals surface area contributed by atoms with Crippen molar-refractivity contribution in [2.24, 2.45) is 0 Å². The van der Waals surface area contributed by atoms with Crippen molar-refractivity contribution in [2.75, 3.05) is 18.6 Å². The van der Waals surface area contributed by atoms with E-state index in [1.54, 1.807) is 0 Å². The number of benzene rings is 1. The van der Waals surface area contributed by atoms with Gasteiger partial charge in [-0.1, -0.05) is 0 Å². The molecule has 2 aromatic heterocycles. The SMILES string of the molecule is CNc1nc(C(F)(F)F)nc2c1ncn2-c1ccc(C(=O)NS(C)(=O)=O)cc1. The van der Waals surface area contributed by atoms with Gasteiger partial charge in [0, 0.05) is 18.3 Å². The van der Waals surface area contributed by atoms with Gasteiger partial charge in [0.15, 0.2) is 17.0 Å². The Morgan fingerprint density at radius 2 is 1.79 bits per heavy atom. The molecule has 0 aliphatic rings. The van der Waals surface area contributed by atoms with Gasteiger partial charge in [0.2, 0.25) is 15.8 Å². The molecule has 0 bridgehead atoms. The fourth-order valence-electron chi connectivity index (χ4n) is 2.39. The van der Waals surface area contributed by atoms with Crippen LogP contribution in [0, 0.1) is 0 Å². The van der Waals surface area contributed by atoms with Crippen LogP contribution in [0.1, 0.15) is 16.2 Å². The monoisotopic (exact) mass is 414 g/mol. The van der Waals surface area contributed by atoms with Crippen molar-refractivity contribution >= 4 is 32.9 Å². The summed E-state index contributed by atoms with van der Waals surface area (Å²) < 4.78 is 64.6. The summed E-state index contributed by atoms with van der Waals surface area (Å²) >= 11 is 0. The van der Waals surface area contributed by atoms with Crippen LogP contribution in [0.4, 0.5) is 19.0 Å². The van der Waals surface area contributed by atoms with E-state index in [9.17, 15) is 26.4 Å². The van der Waals surface area contributed by atoms with Crippen LogP contribution in [-0.4, -0.2) is 47.1 Å². The van der Waals surface area contributed by atoms with Crippen molar-refractivity contribution < 1.29 is 26.4 Å². The summed E-state index contributed by atoms with van der Waals surface area (Å²) in [6, 6.07) is 5.50. The van der Waals surface area contributed by atoms with Gasteiger partial charge in [-0.3, -0.25) is 9.36 Å². The normalized spacial score (nSPS) is 12.2. The van der Waals surface area contributed by atoms with Crippen LogP contribution in [0.25, 0.3) is 16.9 Å². The molecule has 3 aromatic rings. The number of amides is 1. The molecule has 0 saturated heterocycles. The molecule has 2 heterocycles. The van der Waals surface area contributed by atoms with E-state index in [2.05, 4.69) is 20.3 Å². The van der Waals surface area contributed by atoms with Crippen LogP contribution in [0.3, 0.4) is 0 Å². The smallest absolute Gasteiger partial charge is 0.371 e. The summed E-state index contributed by atoms with van der Waals surface area (Å²) in [5, 5.41) is 2.56. The minimum Gasteiger partial charge on any atom is -0.371 e. The maximum atomic E-state index is 13.1. The zero-order valence-electron chi connectivity index (χ0n) is 14.4. The predicted octanol–water partition coefficient (Wildman–Crippen LogP) is 1.57. The maximum absolute atomic E-state index is 13.1. The van der Waals surface area contributed by atoms with Gasteiger partial charge in [-0.15, -0.1) is 0 Å². The Kier molecular flexibility index (Phi) is 4.71. The van der Waals surface area contributed by atoms with Crippen LogP contribution in [-0.2, 0) is 16.2 Å². The predicted molar refractivity (Wildman–Crippen MR) is 93.5 cm³/mol. The molecule has 0 spiro atoms. The van der Waals surface area contributed by atoms with Gasteiger partial charge in [0.05, 0.1) is 6.26 Å². The molecule has 28 heavy (non-hydrogen) atoms. The van der Waals surface area contributed by atoms with E-state index >= 15 is 0 Å². The minimum absolute atomic E-state index is 0.0557. The molecule has 0 radical (unpaired) electrons. The molecular formula is C15H13F3N6O3S. The van der Waals surface area contributed by atoms with Crippen molar-refractivity contribution in [2.45, 2.75) is 6.18 Å². The molecule has 0 unspecified atom stereocenters. The summed E-state index contributed by atoms with van der Waals surface area (Å²) in [6.07, 6.45) is -2.64. The molecule has 0 aliphatic heterocycles. The number of sulfonamides is 1. The zero-order valence-corrected chi connectivity index (χ0v) is 15.3. The first-order valence-corrected chi connectivity index (χ1v) is 9.51. The number of rotatable bonds is 4. The largest absolute Gasteiger partial charge is 0.451 e. The topological polar surface area (TPSA) is 119 Å². The van der Waals surface area contributed by atoms with E-state index in [-0.39, 0.29) is 22.5 Å². The van der Waals surface area contributed by atoms with Crippen molar-refractivity contribution in [3.63, 3.8) is 0 Å². The Morgan fingerprint density at radius 3 is 2.32 bits per heavy atom. The molecule has 1 aromatic carbocycles. The number of hydrogen-bond donors (Lipinski definition) is 2. The Hall–Kier alpha value is -3.22. The van der Waals surface area contributed by atoms with E-state index in [4.69, 9.17) is 0 Å². The third-order valence-corrected chi connectivity index (χ3v) is 4.13. The van der Waals surface area contributed by atoms with Crippen LogP contribution in [0.15, 0.2) is 30.6 Å². The lowest BCUT2D eigenvalue weighted by atomic mass is 10.2. The molecule has 0 fully saturated rings. The Morgan fingerprint density at radius 1 is 1.14 bits per heavy atom. The van der Waals surface area contributed by atoms with Gasteiger partial charge in [-0.05, 0) is 24.3 Å². The van der Waals surface area contributed by atoms with Crippen LogP contribution >= 0.6 is 0 Å². The number of halogens is 3. The average molecular weight is 414 g/mol. The van der Waals surface area contributed by atoms with Gasteiger partial charge >= 0.3 is 6.18 Å². The van der Waals surface area contributed by atoms with Gasteiger partial charge < -0.3 is 5.32 Å². The highest BCUT2D eigenvalue weighted by molar-refractivity contribution is 7.89. The van der Waals surface area contributed by atoms with Crippen molar-refractivity contribution in [3.05, 3.63) is 42.0 Å². The first-order chi connectivity index (χ1) is 13.0. The van der Waals surface area contributed by atoms with Gasteiger partial charge in [0.25, 0.3) is 5.91 Å². The van der Waals surface area contributed by atoms with Crippen LogP contribution in [0.2, 0.25) is 0 Å². The molecule has 9 nitrogen and oxygen atoms in total. The van der Waals surface area contributed by atoms with Gasteiger partial charge in [-0.25, -0.2) is 28.1 Å². The van der Waals surface area contributed by atoms with E-state index < -0.39 is 27.9 Å². The fourth-order valence-corrected chi connectivity index (χ4v) is 2.85. The number of aromatic nitrogens is 4. The molecule has 0 aliphatic carbocycles. The number of imidazole rings is 1. The summed E-state index contributed by atoms with van der Waals surface area (Å²) in [4.78, 5) is 22.9. The van der Waals surface area contributed by atoms with Crippen molar-refractivity contribution in [3.8, 4) is 5.69 Å². The minimum atomic E-state index is -4.75. The van der Waals surface area contributed by atoms with E-state index in [0.717, 1.165) is 6.26 Å². The molecule has 2 N–H and O–H groups in total. The Labute approximate surface area is 156 Å². The lowest BCUT2D eigenvalue weighted by molar-refractivity contribution is -0.144. The van der Waals surface area contributed by atoms with Crippen LogP contribution < -0.4 is 10.0 Å². The summed E-state index contributed by atoms with van der Waals surface area (Å²) in [5.41, 5.74) is 0.474. The number of carbonyl (C=O) groups excluding carboxylic acids is 1. The number of alkyl halides is 3. The highest BCUT2D eigenvalue weighted by Gasteiger charge is 2.36. The number of nitrogens with one attached hydrogen (secondary N) is 2. The second kappa shape index (κ2) is 6.74. The molecule has 148 valence electrons.